The van der Waals surface area contributed by atoms with E-state index < -0.39 is 23.8 Å². The van der Waals surface area contributed by atoms with E-state index in [2.05, 4.69) is 0 Å². The third-order valence-corrected chi connectivity index (χ3v) is 4.27. The van der Waals surface area contributed by atoms with E-state index in [1.807, 2.05) is 0 Å². The number of benzene rings is 2. The van der Waals surface area contributed by atoms with Crippen LogP contribution in [0.3, 0.4) is 0 Å². The maximum atomic E-state index is 13.1. The summed E-state index contributed by atoms with van der Waals surface area (Å²) in [7, 11) is 0. The SMILES string of the molecule is CC1C(=O)N(CC(=O)c2ccc(Cl)cc2)C(=O)N1c1ccc(F)cc1. The molecule has 128 valence electrons. The van der Waals surface area contributed by atoms with E-state index in [4.69, 9.17) is 11.6 Å². The number of halogens is 2. The molecule has 1 fully saturated rings. The monoisotopic (exact) mass is 360 g/mol. The Bertz CT molecular complexity index is 836. The van der Waals surface area contributed by atoms with Crippen molar-refractivity contribution in [1.29, 1.82) is 0 Å². The van der Waals surface area contributed by atoms with Crippen LogP contribution >= 0.6 is 11.6 Å². The lowest BCUT2D eigenvalue weighted by Gasteiger charge is -2.19. The number of imide groups is 1. The van der Waals surface area contributed by atoms with Crippen LogP contribution in [0.25, 0.3) is 0 Å². The van der Waals surface area contributed by atoms with Gasteiger partial charge in [0, 0.05) is 16.3 Å². The van der Waals surface area contributed by atoms with Crippen LogP contribution < -0.4 is 4.90 Å². The first kappa shape index (κ1) is 17.1. The van der Waals surface area contributed by atoms with Gasteiger partial charge in [0.1, 0.15) is 11.9 Å². The summed E-state index contributed by atoms with van der Waals surface area (Å²) in [6.07, 6.45) is 0. The van der Waals surface area contributed by atoms with Crippen LogP contribution in [0.2, 0.25) is 5.02 Å². The molecular formula is C18H14ClFN2O3. The van der Waals surface area contributed by atoms with Gasteiger partial charge in [-0.2, -0.15) is 0 Å². The zero-order chi connectivity index (χ0) is 18.1. The largest absolute Gasteiger partial charge is 0.332 e. The zero-order valence-corrected chi connectivity index (χ0v) is 14.0. The molecule has 0 N–H and O–H groups in total. The van der Waals surface area contributed by atoms with E-state index in [-0.39, 0.29) is 12.3 Å². The van der Waals surface area contributed by atoms with Gasteiger partial charge in [-0.25, -0.2) is 9.18 Å². The molecule has 1 saturated heterocycles. The first-order chi connectivity index (χ1) is 11.9. The zero-order valence-electron chi connectivity index (χ0n) is 13.3. The number of urea groups is 1. The predicted octanol–water partition coefficient (Wildman–Crippen LogP) is 3.52. The number of rotatable bonds is 4. The number of anilines is 1. The number of nitrogens with zero attached hydrogens (tertiary/aromatic N) is 2. The van der Waals surface area contributed by atoms with Crippen molar-refractivity contribution in [1.82, 2.24) is 4.90 Å². The molecule has 2 aromatic rings. The molecule has 0 aromatic heterocycles. The van der Waals surface area contributed by atoms with Crippen molar-refractivity contribution < 1.29 is 18.8 Å². The first-order valence-electron chi connectivity index (χ1n) is 7.57. The van der Waals surface area contributed by atoms with E-state index in [1.165, 1.54) is 41.3 Å². The van der Waals surface area contributed by atoms with Crippen LogP contribution in [0.5, 0.6) is 0 Å². The molecule has 3 amide bonds. The molecule has 7 heteroatoms. The fraction of sp³-hybridized carbons (Fsp3) is 0.167. The van der Waals surface area contributed by atoms with Crippen molar-refractivity contribution in [2.75, 3.05) is 11.4 Å². The highest BCUT2D eigenvalue weighted by Crippen LogP contribution is 2.26. The standard InChI is InChI=1S/C18H14ClFN2O3/c1-11-17(24)21(10-16(23)12-2-4-13(19)5-3-12)18(25)22(11)15-8-6-14(20)7-9-15/h2-9,11H,10H2,1H3. The van der Waals surface area contributed by atoms with Gasteiger partial charge in [0.05, 0.1) is 6.54 Å². The van der Waals surface area contributed by atoms with Gasteiger partial charge in [-0.05, 0) is 55.5 Å². The second kappa shape index (κ2) is 6.64. The molecule has 5 nitrogen and oxygen atoms in total. The smallest absolute Gasteiger partial charge is 0.292 e. The Hall–Kier alpha value is -2.73. The maximum Gasteiger partial charge on any atom is 0.332 e. The average molecular weight is 361 g/mol. The molecule has 0 bridgehead atoms. The average Bonchev–Trinajstić information content (AvgIpc) is 2.80. The first-order valence-corrected chi connectivity index (χ1v) is 7.95. The van der Waals surface area contributed by atoms with Gasteiger partial charge >= 0.3 is 6.03 Å². The van der Waals surface area contributed by atoms with Crippen molar-refractivity contribution in [3.05, 3.63) is 64.9 Å². The number of Topliss-reactive ketones (excluding diaryl/α,β-unsaturated/α-hetero) is 1. The maximum absolute atomic E-state index is 13.1. The third-order valence-electron chi connectivity index (χ3n) is 4.02. The minimum absolute atomic E-state index is 0.359. The summed E-state index contributed by atoms with van der Waals surface area (Å²) in [5.74, 6) is -1.28. The minimum atomic E-state index is -0.768. The Labute approximate surface area is 148 Å². The highest BCUT2D eigenvalue weighted by atomic mass is 35.5. The molecule has 0 spiro atoms. The molecule has 0 aliphatic carbocycles. The molecule has 25 heavy (non-hydrogen) atoms. The van der Waals surface area contributed by atoms with Crippen molar-refractivity contribution in [2.45, 2.75) is 13.0 Å². The Balaban J connectivity index is 1.81. The molecule has 1 heterocycles. The van der Waals surface area contributed by atoms with E-state index in [1.54, 1.807) is 19.1 Å². The fourth-order valence-corrected chi connectivity index (χ4v) is 2.80. The highest BCUT2D eigenvalue weighted by molar-refractivity contribution is 6.30. The Morgan fingerprint density at radius 2 is 1.68 bits per heavy atom. The van der Waals surface area contributed by atoms with Crippen LogP contribution in [-0.4, -0.2) is 35.2 Å². The van der Waals surface area contributed by atoms with Crippen molar-refractivity contribution in [3.8, 4) is 0 Å². The van der Waals surface area contributed by atoms with Gasteiger partial charge < -0.3 is 0 Å². The molecule has 3 rings (SSSR count). The Morgan fingerprint density at radius 1 is 1.08 bits per heavy atom. The number of hydrogen-bond acceptors (Lipinski definition) is 3. The van der Waals surface area contributed by atoms with Crippen molar-refractivity contribution in [3.63, 3.8) is 0 Å². The van der Waals surface area contributed by atoms with Gasteiger partial charge in [-0.15, -0.1) is 0 Å². The highest BCUT2D eigenvalue weighted by Gasteiger charge is 2.44. The van der Waals surface area contributed by atoms with E-state index in [0.29, 0.717) is 16.3 Å². The summed E-state index contributed by atoms with van der Waals surface area (Å²) >= 11 is 5.79. The molecule has 1 atom stereocenters. The number of carbonyl (C=O) groups is 3. The molecule has 0 saturated carbocycles. The number of hydrogen-bond donors (Lipinski definition) is 0. The van der Waals surface area contributed by atoms with Gasteiger partial charge in [0.25, 0.3) is 5.91 Å². The quantitative estimate of drug-likeness (QED) is 0.619. The second-order valence-electron chi connectivity index (χ2n) is 5.66. The topological polar surface area (TPSA) is 57.7 Å². The molecule has 1 unspecified atom stereocenters. The molecule has 1 aliphatic rings. The number of carbonyl (C=O) groups excluding carboxylic acids is 3. The van der Waals surface area contributed by atoms with Gasteiger partial charge in [-0.3, -0.25) is 19.4 Å². The molecular weight excluding hydrogens is 347 g/mol. The molecule has 2 aromatic carbocycles. The van der Waals surface area contributed by atoms with Crippen LogP contribution in [0.4, 0.5) is 14.9 Å². The predicted molar refractivity (Wildman–Crippen MR) is 91.2 cm³/mol. The molecule has 0 radical (unpaired) electrons. The van der Waals surface area contributed by atoms with Crippen LogP contribution in [-0.2, 0) is 4.79 Å². The van der Waals surface area contributed by atoms with E-state index in [9.17, 15) is 18.8 Å². The summed E-state index contributed by atoms with van der Waals surface area (Å²) in [5.41, 5.74) is 0.756. The summed E-state index contributed by atoms with van der Waals surface area (Å²) in [6.45, 7) is 1.21. The summed E-state index contributed by atoms with van der Waals surface area (Å²) in [6, 6.07) is 10.1. The Kier molecular flexibility index (Phi) is 4.55. The van der Waals surface area contributed by atoms with Gasteiger partial charge in [-0.1, -0.05) is 11.6 Å². The van der Waals surface area contributed by atoms with Crippen molar-refractivity contribution >= 4 is 35.0 Å². The van der Waals surface area contributed by atoms with Gasteiger partial charge in [0.2, 0.25) is 0 Å². The van der Waals surface area contributed by atoms with E-state index in [0.717, 1.165) is 4.90 Å². The summed E-state index contributed by atoms with van der Waals surface area (Å²) in [4.78, 5) is 39.5. The normalized spacial score (nSPS) is 17.3. The number of amides is 3. The van der Waals surface area contributed by atoms with Crippen LogP contribution in [0.15, 0.2) is 48.5 Å². The number of ketones is 1. The lowest BCUT2D eigenvalue weighted by Crippen LogP contribution is -2.37. The Morgan fingerprint density at radius 3 is 2.28 bits per heavy atom. The van der Waals surface area contributed by atoms with E-state index >= 15 is 0 Å². The molecule has 1 aliphatic heterocycles. The van der Waals surface area contributed by atoms with Gasteiger partial charge in [0.15, 0.2) is 5.78 Å². The lowest BCUT2D eigenvalue weighted by atomic mass is 10.1. The van der Waals surface area contributed by atoms with Crippen LogP contribution in [0.1, 0.15) is 17.3 Å². The minimum Gasteiger partial charge on any atom is -0.292 e. The third kappa shape index (κ3) is 3.25. The summed E-state index contributed by atoms with van der Waals surface area (Å²) < 4.78 is 13.1. The lowest BCUT2D eigenvalue weighted by molar-refractivity contribution is -0.126. The second-order valence-corrected chi connectivity index (χ2v) is 6.10. The fourth-order valence-electron chi connectivity index (χ4n) is 2.68. The van der Waals surface area contributed by atoms with Crippen molar-refractivity contribution in [2.24, 2.45) is 0 Å². The van der Waals surface area contributed by atoms with Crippen LogP contribution in [0, 0.1) is 5.82 Å². The summed E-state index contributed by atoms with van der Waals surface area (Å²) in [5, 5.41) is 0.487.